The van der Waals surface area contributed by atoms with E-state index in [-0.39, 0.29) is 42.3 Å². The molecule has 3 aromatic rings. The molecule has 0 aliphatic rings. The smallest absolute Gasteiger partial charge is 0.243 e. The molecule has 0 fully saturated rings. The molecule has 7 nitrogen and oxygen atoms in total. The highest BCUT2D eigenvalue weighted by molar-refractivity contribution is 7.89. The van der Waals surface area contributed by atoms with Gasteiger partial charge in [0, 0.05) is 44.0 Å². The predicted molar refractivity (Wildman–Crippen MR) is 159 cm³/mol. The molecular weight excluding hydrogens is 546 g/mol. The standard InChI is InChI=1S/C31H38ClN3O4S/c1-4-24(2)33-31(37)29(22-25-13-7-5-8-14-25)35(23-26-15-11-16-27(32)21-26)30(36)19-12-20-34(3)40(38,39)28-17-9-6-10-18-28/h5-11,13-18,21,24,29H,4,12,19-20,22-23H2,1-3H3,(H,33,37)/t24-,29+/m0/s1. The Kier molecular flexibility index (Phi) is 11.7. The van der Waals surface area contributed by atoms with E-state index in [0.29, 0.717) is 17.9 Å². The van der Waals surface area contributed by atoms with E-state index in [9.17, 15) is 18.0 Å². The number of rotatable bonds is 14. The number of nitrogens with zero attached hydrogens (tertiary/aromatic N) is 2. The van der Waals surface area contributed by atoms with Gasteiger partial charge in [0.1, 0.15) is 6.04 Å². The Balaban J connectivity index is 1.83. The van der Waals surface area contributed by atoms with Crippen molar-refractivity contribution in [2.24, 2.45) is 0 Å². The first-order chi connectivity index (χ1) is 19.1. The minimum atomic E-state index is -3.67. The van der Waals surface area contributed by atoms with Gasteiger partial charge in [0.25, 0.3) is 0 Å². The largest absolute Gasteiger partial charge is 0.352 e. The Morgan fingerprint density at radius 1 is 0.925 bits per heavy atom. The van der Waals surface area contributed by atoms with Gasteiger partial charge in [-0.2, -0.15) is 0 Å². The molecule has 0 aliphatic heterocycles. The monoisotopic (exact) mass is 583 g/mol. The van der Waals surface area contributed by atoms with Crippen molar-refractivity contribution in [3.8, 4) is 0 Å². The molecule has 3 aromatic carbocycles. The summed E-state index contributed by atoms with van der Waals surface area (Å²) in [6, 6.07) is 24.2. The minimum Gasteiger partial charge on any atom is -0.352 e. The second-order valence-electron chi connectivity index (χ2n) is 9.92. The van der Waals surface area contributed by atoms with E-state index in [4.69, 9.17) is 11.6 Å². The van der Waals surface area contributed by atoms with Crippen LogP contribution in [0.5, 0.6) is 0 Å². The van der Waals surface area contributed by atoms with Crippen LogP contribution in [-0.4, -0.2) is 55.1 Å². The summed E-state index contributed by atoms with van der Waals surface area (Å²) in [5, 5.41) is 3.59. The third-order valence-corrected chi connectivity index (χ3v) is 8.94. The van der Waals surface area contributed by atoms with Gasteiger partial charge in [-0.3, -0.25) is 9.59 Å². The molecule has 3 rings (SSSR count). The van der Waals surface area contributed by atoms with Crippen molar-refractivity contribution in [2.75, 3.05) is 13.6 Å². The van der Waals surface area contributed by atoms with Gasteiger partial charge in [-0.05, 0) is 55.2 Å². The average molecular weight is 584 g/mol. The van der Waals surface area contributed by atoms with Gasteiger partial charge >= 0.3 is 0 Å². The second kappa shape index (κ2) is 15.0. The summed E-state index contributed by atoms with van der Waals surface area (Å²) in [4.78, 5) is 29.1. The second-order valence-corrected chi connectivity index (χ2v) is 12.4. The summed E-state index contributed by atoms with van der Waals surface area (Å²) in [6.07, 6.45) is 1.49. The summed E-state index contributed by atoms with van der Waals surface area (Å²) >= 11 is 6.23. The molecule has 0 spiro atoms. The molecule has 40 heavy (non-hydrogen) atoms. The Hall–Kier alpha value is -3.20. The molecule has 214 valence electrons. The molecule has 0 aromatic heterocycles. The van der Waals surface area contributed by atoms with Gasteiger partial charge < -0.3 is 10.2 Å². The van der Waals surface area contributed by atoms with Crippen molar-refractivity contribution in [2.45, 2.75) is 63.1 Å². The number of hydrogen-bond acceptors (Lipinski definition) is 4. The van der Waals surface area contributed by atoms with Gasteiger partial charge in [0.15, 0.2) is 0 Å². The number of halogens is 1. The molecule has 0 bridgehead atoms. The van der Waals surface area contributed by atoms with Crippen molar-refractivity contribution >= 4 is 33.4 Å². The van der Waals surface area contributed by atoms with Crippen LogP contribution in [0.3, 0.4) is 0 Å². The molecule has 0 heterocycles. The Morgan fingerprint density at radius 3 is 2.17 bits per heavy atom. The highest BCUT2D eigenvalue weighted by Crippen LogP contribution is 2.20. The third-order valence-electron chi connectivity index (χ3n) is 6.83. The fraction of sp³-hybridized carbons (Fsp3) is 0.355. The summed E-state index contributed by atoms with van der Waals surface area (Å²) in [7, 11) is -2.16. The van der Waals surface area contributed by atoms with Gasteiger partial charge in [0.2, 0.25) is 21.8 Å². The molecule has 0 aliphatic carbocycles. The molecular formula is C31H38ClN3O4S. The van der Waals surface area contributed by atoms with E-state index in [0.717, 1.165) is 17.5 Å². The molecule has 1 N–H and O–H groups in total. The summed E-state index contributed by atoms with van der Waals surface area (Å²) in [5.74, 6) is -0.455. The van der Waals surface area contributed by atoms with Gasteiger partial charge in [-0.25, -0.2) is 12.7 Å². The number of hydrogen-bond donors (Lipinski definition) is 1. The molecule has 0 saturated heterocycles. The first-order valence-corrected chi connectivity index (χ1v) is 15.3. The van der Waals surface area contributed by atoms with Crippen LogP contribution in [0.2, 0.25) is 5.02 Å². The topological polar surface area (TPSA) is 86.8 Å². The van der Waals surface area contributed by atoms with E-state index in [1.807, 2.05) is 56.3 Å². The zero-order valence-corrected chi connectivity index (χ0v) is 24.9. The van der Waals surface area contributed by atoms with E-state index in [1.54, 1.807) is 47.4 Å². The number of carbonyl (C=O) groups is 2. The Labute approximate surface area is 243 Å². The zero-order valence-electron chi connectivity index (χ0n) is 23.3. The summed E-state index contributed by atoms with van der Waals surface area (Å²) in [5.41, 5.74) is 1.74. The predicted octanol–water partition coefficient (Wildman–Crippen LogP) is 5.30. The molecule has 2 amide bonds. The van der Waals surface area contributed by atoms with Crippen LogP contribution < -0.4 is 5.32 Å². The van der Waals surface area contributed by atoms with Crippen LogP contribution in [0.4, 0.5) is 0 Å². The summed E-state index contributed by atoms with van der Waals surface area (Å²) in [6.45, 7) is 4.29. The van der Waals surface area contributed by atoms with Gasteiger partial charge in [-0.1, -0.05) is 79.2 Å². The molecule has 9 heteroatoms. The lowest BCUT2D eigenvalue weighted by atomic mass is 10.0. The van der Waals surface area contributed by atoms with E-state index < -0.39 is 16.1 Å². The fourth-order valence-corrected chi connectivity index (χ4v) is 5.76. The fourth-order valence-electron chi connectivity index (χ4n) is 4.32. The SMILES string of the molecule is CC[C@H](C)NC(=O)[C@@H](Cc1ccccc1)N(Cc1cccc(Cl)c1)C(=O)CCCN(C)S(=O)(=O)c1ccccc1. The number of carbonyl (C=O) groups excluding carboxylic acids is 2. The van der Waals surface area contributed by atoms with Crippen molar-refractivity contribution in [1.29, 1.82) is 0 Å². The molecule has 2 atom stereocenters. The van der Waals surface area contributed by atoms with Crippen LogP contribution in [-0.2, 0) is 32.6 Å². The Morgan fingerprint density at radius 2 is 1.55 bits per heavy atom. The van der Waals surface area contributed by atoms with E-state index in [1.165, 1.54) is 11.4 Å². The summed E-state index contributed by atoms with van der Waals surface area (Å²) < 4.78 is 27.1. The zero-order chi connectivity index (χ0) is 29.1. The number of nitrogens with one attached hydrogen (secondary N) is 1. The van der Waals surface area contributed by atoms with Crippen LogP contribution in [0.25, 0.3) is 0 Å². The maximum Gasteiger partial charge on any atom is 0.243 e. The van der Waals surface area contributed by atoms with E-state index >= 15 is 0 Å². The van der Waals surface area contributed by atoms with Crippen molar-refractivity contribution in [1.82, 2.24) is 14.5 Å². The van der Waals surface area contributed by atoms with Crippen molar-refractivity contribution < 1.29 is 18.0 Å². The normalized spacial score (nSPS) is 13.0. The van der Waals surface area contributed by atoms with Crippen LogP contribution in [0, 0.1) is 0 Å². The molecule has 0 saturated carbocycles. The first kappa shape index (κ1) is 31.3. The van der Waals surface area contributed by atoms with Crippen molar-refractivity contribution in [3.63, 3.8) is 0 Å². The maximum absolute atomic E-state index is 13.8. The van der Waals surface area contributed by atoms with Crippen LogP contribution in [0.1, 0.15) is 44.2 Å². The third kappa shape index (κ3) is 8.91. The lowest BCUT2D eigenvalue weighted by Crippen LogP contribution is -2.52. The highest BCUT2D eigenvalue weighted by atomic mass is 35.5. The molecule has 0 radical (unpaired) electrons. The maximum atomic E-state index is 13.8. The van der Waals surface area contributed by atoms with Gasteiger partial charge in [0.05, 0.1) is 4.90 Å². The number of amides is 2. The van der Waals surface area contributed by atoms with Crippen LogP contribution >= 0.6 is 11.6 Å². The lowest BCUT2D eigenvalue weighted by molar-refractivity contribution is -0.141. The van der Waals surface area contributed by atoms with Gasteiger partial charge in [-0.15, -0.1) is 0 Å². The number of benzene rings is 3. The number of sulfonamides is 1. The highest BCUT2D eigenvalue weighted by Gasteiger charge is 2.31. The lowest BCUT2D eigenvalue weighted by Gasteiger charge is -2.32. The minimum absolute atomic E-state index is 0.0502. The quantitative estimate of drug-likeness (QED) is 0.279. The average Bonchev–Trinajstić information content (AvgIpc) is 2.95. The first-order valence-electron chi connectivity index (χ1n) is 13.5. The Bertz CT molecular complexity index is 1350. The molecule has 0 unspecified atom stereocenters. The van der Waals surface area contributed by atoms with Crippen molar-refractivity contribution in [3.05, 3.63) is 101 Å². The van der Waals surface area contributed by atoms with Crippen LogP contribution in [0.15, 0.2) is 89.8 Å². The van der Waals surface area contributed by atoms with E-state index in [2.05, 4.69) is 5.32 Å².